The monoisotopic (exact) mass is 222 g/mol. The molecule has 0 aliphatic heterocycles. The molecule has 1 aromatic carbocycles. The summed E-state index contributed by atoms with van der Waals surface area (Å²) in [7, 11) is 1.47. The first kappa shape index (κ1) is 12.1. The van der Waals surface area contributed by atoms with Crippen LogP contribution in [-0.2, 0) is 0 Å². The Bertz CT molecular complexity index is 385. The molecule has 0 aromatic heterocycles. The summed E-state index contributed by atoms with van der Waals surface area (Å²) in [5.41, 5.74) is 0.100. The van der Waals surface area contributed by atoms with Crippen molar-refractivity contribution in [2.75, 3.05) is 13.7 Å². The van der Waals surface area contributed by atoms with Crippen LogP contribution in [0.5, 0.6) is 11.5 Å². The predicted octanol–water partition coefficient (Wildman–Crippen LogP) is 2.35. The van der Waals surface area contributed by atoms with E-state index in [2.05, 4.69) is 6.58 Å². The van der Waals surface area contributed by atoms with Gasteiger partial charge in [-0.1, -0.05) is 12.1 Å². The van der Waals surface area contributed by atoms with Gasteiger partial charge in [0, 0.05) is 0 Å². The molecular weight excluding hydrogens is 208 g/mol. The van der Waals surface area contributed by atoms with Gasteiger partial charge in [-0.05, 0) is 18.6 Å². The molecule has 0 spiro atoms. The number of para-hydroxylation sites is 1. The van der Waals surface area contributed by atoms with Crippen LogP contribution in [-0.4, -0.2) is 24.8 Å². The number of hydrogen-bond acceptors (Lipinski definition) is 3. The highest BCUT2D eigenvalue weighted by atomic mass is 16.5. The van der Waals surface area contributed by atoms with Gasteiger partial charge < -0.3 is 14.6 Å². The van der Waals surface area contributed by atoms with Crippen LogP contribution < -0.4 is 9.47 Å². The van der Waals surface area contributed by atoms with E-state index in [1.807, 2.05) is 0 Å². The van der Waals surface area contributed by atoms with Crippen LogP contribution in [0.15, 0.2) is 30.9 Å². The highest BCUT2D eigenvalue weighted by Gasteiger charge is 2.15. The standard InChI is InChI=1S/C12H14O4/c1-3-4-8-16-11-9(12(13)14)6-5-7-10(11)15-2/h3,5-7H,1,4,8H2,2H3,(H,13,14). The van der Waals surface area contributed by atoms with E-state index in [0.29, 0.717) is 18.8 Å². The average Bonchev–Trinajstić information content (AvgIpc) is 2.29. The molecule has 1 aromatic rings. The second kappa shape index (κ2) is 5.80. The summed E-state index contributed by atoms with van der Waals surface area (Å²) in [5, 5.41) is 8.99. The molecule has 1 N–H and O–H groups in total. The van der Waals surface area contributed by atoms with Gasteiger partial charge in [0.15, 0.2) is 11.5 Å². The average molecular weight is 222 g/mol. The van der Waals surface area contributed by atoms with Gasteiger partial charge in [0.05, 0.1) is 13.7 Å². The molecule has 16 heavy (non-hydrogen) atoms. The number of hydrogen-bond donors (Lipinski definition) is 1. The van der Waals surface area contributed by atoms with E-state index in [9.17, 15) is 4.79 Å². The van der Waals surface area contributed by atoms with Gasteiger partial charge in [0.2, 0.25) is 0 Å². The van der Waals surface area contributed by atoms with Crippen molar-refractivity contribution in [1.82, 2.24) is 0 Å². The lowest BCUT2D eigenvalue weighted by Crippen LogP contribution is -2.05. The van der Waals surface area contributed by atoms with Crippen LogP contribution >= 0.6 is 0 Å². The molecule has 0 aliphatic rings. The Hall–Kier alpha value is -1.97. The van der Waals surface area contributed by atoms with E-state index >= 15 is 0 Å². The minimum Gasteiger partial charge on any atom is -0.493 e. The number of carboxylic acids is 1. The molecule has 0 amide bonds. The summed E-state index contributed by atoms with van der Waals surface area (Å²) in [5.74, 6) is -0.351. The van der Waals surface area contributed by atoms with Crippen LogP contribution in [0.25, 0.3) is 0 Å². The fraction of sp³-hybridized carbons (Fsp3) is 0.250. The number of methoxy groups -OCH3 is 1. The zero-order valence-electron chi connectivity index (χ0n) is 9.10. The maximum Gasteiger partial charge on any atom is 0.339 e. The molecule has 0 fully saturated rings. The molecule has 4 heteroatoms. The van der Waals surface area contributed by atoms with Gasteiger partial charge in [0.25, 0.3) is 0 Å². The summed E-state index contributed by atoms with van der Waals surface area (Å²) >= 11 is 0. The zero-order valence-corrected chi connectivity index (χ0v) is 9.10. The van der Waals surface area contributed by atoms with Crippen LogP contribution in [0, 0.1) is 0 Å². The first-order valence-electron chi connectivity index (χ1n) is 4.84. The highest BCUT2D eigenvalue weighted by Crippen LogP contribution is 2.31. The number of carbonyl (C=O) groups is 1. The van der Waals surface area contributed by atoms with E-state index in [1.165, 1.54) is 13.2 Å². The molecule has 4 nitrogen and oxygen atoms in total. The van der Waals surface area contributed by atoms with E-state index in [0.717, 1.165) is 0 Å². The second-order valence-electron chi connectivity index (χ2n) is 3.07. The molecule has 0 atom stereocenters. The molecule has 0 heterocycles. The van der Waals surface area contributed by atoms with Gasteiger partial charge in [0.1, 0.15) is 5.56 Å². The Morgan fingerprint density at radius 3 is 2.88 bits per heavy atom. The molecule has 86 valence electrons. The Kier molecular flexibility index (Phi) is 4.39. The molecular formula is C12H14O4. The Labute approximate surface area is 94.1 Å². The lowest BCUT2D eigenvalue weighted by molar-refractivity contribution is 0.0691. The third-order valence-electron chi connectivity index (χ3n) is 2.00. The van der Waals surface area contributed by atoms with Crippen molar-refractivity contribution in [1.29, 1.82) is 0 Å². The topological polar surface area (TPSA) is 55.8 Å². The predicted molar refractivity (Wildman–Crippen MR) is 60.3 cm³/mol. The first-order valence-corrected chi connectivity index (χ1v) is 4.84. The normalized spacial score (nSPS) is 9.56. The van der Waals surface area contributed by atoms with Crippen molar-refractivity contribution in [2.45, 2.75) is 6.42 Å². The molecule has 0 saturated carbocycles. The smallest absolute Gasteiger partial charge is 0.339 e. The Morgan fingerprint density at radius 2 is 2.31 bits per heavy atom. The summed E-state index contributed by atoms with van der Waals surface area (Å²) in [4.78, 5) is 11.0. The van der Waals surface area contributed by atoms with Gasteiger partial charge in [-0.25, -0.2) is 4.79 Å². The number of rotatable bonds is 6. The quantitative estimate of drug-likeness (QED) is 0.593. The number of ether oxygens (including phenoxy) is 2. The lowest BCUT2D eigenvalue weighted by atomic mass is 10.2. The van der Waals surface area contributed by atoms with Crippen LogP contribution in [0.2, 0.25) is 0 Å². The zero-order chi connectivity index (χ0) is 12.0. The number of aromatic carboxylic acids is 1. The van der Waals surface area contributed by atoms with Crippen LogP contribution in [0.4, 0.5) is 0 Å². The van der Waals surface area contributed by atoms with E-state index in [-0.39, 0.29) is 11.3 Å². The van der Waals surface area contributed by atoms with E-state index in [1.54, 1.807) is 18.2 Å². The molecule has 0 bridgehead atoms. The van der Waals surface area contributed by atoms with E-state index in [4.69, 9.17) is 14.6 Å². The Morgan fingerprint density at radius 1 is 1.56 bits per heavy atom. The highest BCUT2D eigenvalue weighted by molar-refractivity contribution is 5.92. The maximum absolute atomic E-state index is 11.0. The summed E-state index contributed by atoms with van der Waals surface area (Å²) in [6.45, 7) is 3.94. The molecule has 0 radical (unpaired) electrons. The second-order valence-corrected chi connectivity index (χ2v) is 3.07. The summed E-state index contributed by atoms with van der Waals surface area (Å²) in [6, 6.07) is 4.76. The minimum absolute atomic E-state index is 0.100. The lowest BCUT2D eigenvalue weighted by Gasteiger charge is -2.12. The van der Waals surface area contributed by atoms with Crippen molar-refractivity contribution in [2.24, 2.45) is 0 Å². The van der Waals surface area contributed by atoms with Crippen molar-refractivity contribution in [3.05, 3.63) is 36.4 Å². The minimum atomic E-state index is -1.03. The van der Waals surface area contributed by atoms with Crippen molar-refractivity contribution in [3.63, 3.8) is 0 Å². The summed E-state index contributed by atoms with van der Waals surface area (Å²) < 4.78 is 10.4. The van der Waals surface area contributed by atoms with Crippen LogP contribution in [0.1, 0.15) is 16.8 Å². The van der Waals surface area contributed by atoms with E-state index < -0.39 is 5.97 Å². The number of benzene rings is 1. The Balaban J connectivity index is 2.99. The van der Waals surface area contributed by atoms with Gasteiger partial charge in [-0.3, -0.25) is 0 Å². The van der Waals surface area contributed by atoms with Gasteiger partial charge in [-0.2, -0.15) is 0 Å². The molecule has 0 saturated heterocycles. The number of carboxylic acid groups (broad SMARTS) is 1. The maximum atomic E-state index is 11.0. The molecule has 0 aliphatic carbocycles. The van der Waals surface area contributed by atoms with Crippen molar-refractivity contribution >= 4 is 5.97 Å². The van der Waals surface area contributed by atoms with Crippen LogP contribution in [0.3, 0.4) is 0 Å². The molecule has 0 unspecified atom stereocenters. The third kappa shape index (κ3) is 2.76. The fourth-order valence-corrected chi connectivity index (χ4v) is 1.24. The van der Waals surface area contributed by atoms with Crippen molar-refractivity contribution < 1.29 is 19.4 Å². The van der Waals surface area contributed by atoms with Crippen molar-refractivity contribution in [3.8, 4) is 11.5 Å². The first-order chi connectivity index (χ1) is 7.70. The SMILES string of the molecule is C=CCCOc1c(OC)cccc1C(=O)O. The largest absolute Gasteiger partial charge is 0.493 e. The molecule has 1 rings (SSSR count). The fourth-order valence-electron chi connectivity index (χ4n) is 1.24. The third-order valence-corrected chi connectivity index (χ3v) is 2.00. The van der Waals surface area contributed by atoms with Gasteiger partial charge in [-0.15, -0.1) is 6.58 Å². The van der Waals surface area contributed by atoms with Gasteiger partial charge >= 0.3 is 5.97 Å². The summed E-state index contributed by atoms with van der Waals surface area (Å²) in [6.07, 6.45) is 2.35.